The summed E-state index contributed by atoms with van der Waals surface area (Å²) in [6.07, 6.45) is -6.66. The van der Waals surface area contributed by atoms with Crippen LogP contribution in [0.25, 0.3) is 11.1 Å². The summed E-state index contributed by atoms with van der Waals surface area (Å²) >= 11 is 0. The molecule has 9 heteroatoms. The SMILES string of the molecule is O=C(O)C[C@H](NC(=O)OCC1c2ccccc2-c2ccccc21)c1cc(C(F)(F)F)ccc1F. The molecule has 3 aromatic rings. The highest BCUT2D eigenvalue weighted by atomic mass is 19.4. The number of aliphatic carboxylic acids is 1. The van der Waals surface area contributed by atoms with Gasteiger partial charge in [0.25, 0.3) is 0 Å². The largest absolute Gasteiger partial charge is 0.481 e. The third kappa shape index (κ3) is 4.73. The van der Waals surface area contributed by atoms with E-state index in [-0.39, 0.29) is 12.5 Å². The van der Waals surface area contributed by atoms with Crippen LogP contribution in [-0.4, -0.2) is 23.8 Å². The number of benzene rings is 3. The molecule has 1 aliphatic carbocycles. The van der Waals surface area contributed by atoms with Gasteiger partial charge in [-0.1, -0.05) is 48.5 Å². The molecule has 2 N–H and O–H groups in total. The van der Waals surface area contributed by atoms with Gasteiger partial charge in [0.2, 0.25) is 0 Å². The molecule has 1 atom stereocenters. The molecule has 0 saturated heterocycles. The maximum absolute atomic E-state index is 14.3. The quantitative estimate of drug-likeness (QED) is 0.437. The molecule has 5 nitrogen and oxygen atoms in total. The van der Waals surface area contributed by atoms with Gasteiger partial charge in [-0.15, -0.1) is 0 Å². The van der Waals surface area contributed by atoms with E-state index in [0.29, 0.717) is 18.2 Å². The predicted molar refractivity (Wildman–Crippen MR) is 115 cm³/mol. The minimum atomic E-state index is -4.76. The van der Waals surface area contributed by atoms with Gasteiger partial charge in [-0.05, 0) is 40.5 Å². The van der Waals surface area contributed by atoms with E-state index < -0.39 is 47.6 Å². The van der Waals surface area contributed by atoms with Crippen molar-refractivity contribution in [3.05, 3.63) is 94.8 Å². The van der Waals surface area contributed by atoms with E-state index in [9.17, 15) is 27.2 Å². The number of amides is 1. The van der Waals surface area contributed by atoms with Crippen LogP contribution in [0.2, 0.25) is 0 Å². The summed E-state index contributed by atoms with van der Waals surface area (Å²) in [5, 5.41) is 11.4. The van der Waals surface area contributed by atoms with E-state index in [2.05, 4.69) is 5.32 Å². The molecule has 0 saturated carbocycles. The average Bonchev–Trinajstić information content (AvgIpc) is 3.10. The van der Waals surface area contributed by atoms with E-state index in [0.717, 1.165) is 22.3 Å². The highest BCUT2D eigenvalue weighted by molar-refractivity contribution is 5.79. The molecule has 1 amide bonds. The summed E-state index contributed by atoms with van der Waals surface area (Å²) in [5.74, 6) is -2.78. The summed E-state index contributed by atoms with van der Waals surface area (Å²) in [4.78, 5) is 23.8. The molecule has 0 fully saturated rings. The second-order valence-electron chi connectivity index (χ2n) is 7.85. The number of hydrogen-bond donors (Lipinski definition) is 2. The zero-order valence-electron chi connectivity index (χ0n) is 17.6. The summed E-state index contributed by atoms with van der Waals surface area (Å²) in [7, 11) is 0. The normalized spacial score (nSPS) is 13.6. The van der Waals surface area contributed by atoms with Crippen LogP contribution < -0.4 is 5.32 Å². The van der Waals surface area contributed by atoms with Crippen molar-refractivity contribution >= 4 is 12.1 Å². The minimum absolute atomic E-state index is 0.0925. The van der Waals surface area contributed by atoms with Gasteiger partial charge in [-0.25, -0.2) is 9.18 Å². The van der Waals surface area contributed by atoms with E-state index in [1.165, 1.54) is 0 Å². The maximum Gasteiger partial charge on any atom is 0.416 e. The van der Waals surface area contributed by atoms with Crippen LogP contribution in [0, 0.1) is 5.82 Å². The molecular weight excluding hydrogens is 454 g/mol. The summed E-state index contributed by atoms with van der Waals surface area (Å²) < 4.78 is 58.9. The maximum atomic E-state index is 14.3. The monoisotopic (exact) mass is 473 g/mol. The standard InChI is InChI=1S/C25H19F4NO4/c26-21-10-9-14(25(27,28)29)11-19(21)22(12-23(31)32)30-24(33)34-13-20-17-7-3-1-5-15(17)16-6-2-4-8-18(16)20/h1-11,20,22H,12-13H2,(H,30,33)(H,31,32)/t22-/m0/s1. The Morgan fingerprint density at radius 2 is 1.56 bits per heavy atom. The molecule has 0 bridgehead atoms. The molecule has 0 heterocycles. The number of alkyl halides is 3. The fraction of sp³-hybridized carbons (Fsp3) is 0.200. The number of hydrogen-bond acceptors (Lipinski definition) is 3. The van der Waals surface area contributed by atoms with Gasteiger partial charge in [0.15, 0.2) is 0 Å². The van der Waals surface area contributed by atoms with Gasteiger partial charge in [0.1, 0.15) is 12.4 Å². The average molecular weight is 473 g/mol. The van der Waals surface area contributed by atoms with Gasteiger partial charge in [0, 0.05) is 11.5 Å². The Morgan fingerprint density at radius 3 is 2.12 bits per heavy atom. The lowest BCUT2D eigenvalue weighted by molar-refractivity contribution is -0.138. The van der Waals surface area contributed by atoms with E-state index in [4.69, 9.17) is 9.84 Å². The predicted octanol–water partition coefficient (Wildman–Crippen LogP) is 5.90. The van der Waals surface area contributed by atoms with Gasteiger partial charge in [-0.2, -0.15) is 13.2 Å². The smallest absolute Gasteiger partial charge is 0.416 e. The first-order chi connectivity index (χ1) is 16.1. The number of carboxylic acids is 1. The number of rotatable bonds is 6. The second-order valence-corrected chi connectivity index (χ2v) is 7.85. The molecule has 176 valence electrons. The van der Waals surface area contributed by atoms with Crippen molar-refractivity contribution < 1.29 is 37.0 Å². The fourth-order valence-electron chi connectivity index (χ4n) is 4.18. The number of halogens is 4. The minimum Gasteiger partial charge on any atom is -0.481 e. The van der Waals surface area contributed by atoms with E-state index >= 15 is 0 Å². The number of fused-ring (bicyclic) bond motifs is 3. The van der Waals surface area contributed by atoms with Gasteiger partial charge in [0.05, 0.1) is 18.0 Å². The Kier molecular flexibility index (Phi) is 6.28. The molecule has 0 aliphatic heterocycles. The molecule has 0 aromatic heterocycles. The van der Waals surface area contributed by atoms with Gasteiger partial charge < -0.3 is 15.2 Å². The summed E-state index contributed by atoms with van der Waals surface area (Å²) in [5.41, 5.74) is 2.15. The molecule has 1 aliphatic rings. The number of alkyl carbamates (subject to hydrolysis) is 1. The molecule has 3 aromatic carbocycles. The lowest BCUT2D eigenvalue weighted by Gasteiger charge is -2.20. The van der Waals surface area contributed by atoms with Crippen LogP contribution in [-0.2, 0) is 15.7 Å². The zero-order valence-corrected chi connectivity index (χ0v) is 17.6. The Bertz CT molecular complexity index is 1200. The first-order valence-electron chi connectivity index (χ1n) is 10.3. The highest BCUT2D eigenvalue weighted by Crippen LogP contribution is 2.44. The van der Waals surface area contributed by atoms with Crippen LogP contribution >= 0.6 is 0 Å². The Morgan fingerprint density at radius 1 is 0.971 bits per heavy atom. The van der Waals surface area contributed by atoms with Crippen molar-refractivity contribution in [3.63, 3.8) is 0 Å². The summed E-state index contributed by atoms with van der Waals surface area (Å²) in [6.45, 7) is -0.0925. The van der Waals surface area contributed by atoms with Crippen molar-refractivity contribution in [2.45, 2.75) is 24.6 Å². The third-order valence-electron chi connectivity index (χ3n) is 5.71. The molecule has 0 radical (unpaired) electrons. The lowest BCUT2D eigenvalue weighted by Crippen LogP contribution is -2.32. The van der Waals surface area contributed by atoms with Crippen molar-refractivity contribution in [1.29, 1.82) is 0 Å². The van der Waals surface area contributed by atoms with Crippen LogP contribution in [0.1, 0.15) is 40.6 Å². The van der Waals surface area contributed by atoms with Crippen molar-refractivity contribution in [3.8, 4) is 11.1 Å². The van der Waals surface area contributed by atoms with Crippen molar-refractivity contribution in [2.75, 3.05) is 6.61 Å². The molecule has 4 rings (SSSR count). The molecule has 0 spiro atoms. The number of carboxylic acid groups (broad SMARTS) is 1. The summed E-state index contributed by atoms with van der Waals surface area (Å²) in [6, 6.07) is 15.3. The van der Waals surface area contributed by atoms with Gasteiger partial charge >= 0.3 is 18.2 Å². The molecule has 34 heavy (non-hydrogen) atoms. The first kappa shape index (κ1) is 23.3. The van der Waals surface area contributed by atoms with Crippen LogP contribution in [0.15, 0.2) is 66.7 Å². The molecular formula is C25H19F4NO4. The number of carbonyl (C=O) groups excluding carboxylic acids is 1. The van der Waals surface area contributed by atoms with Crippen LogP contribution in [0.5, 0.6) is 0 Å². The number of nitrogens with one attached hydrogen (secondary N) is 1. The third-order valence-corrected chi connectivity index (χ3v) is 5.71. The van der Waals surface area contributed by atoms with Gasteiger partial charge in [-0.3, -0.25) is 4.79 Å². The van der Waals surface area contributed by atoms with Crippen LogP contribution in [0.4, 0.5) is 22.4 Å². The first-order valence-corrected chi connectivity index (χ1v) is 10.3. The highest BCUT2D eigenvalue weighted by Gasteiger charge is 2.33. The Labute approximate surface area is 192 Å². The molecule has 0 unspecified atom stereocenters. The van der Waals surface area contributed by atoms with E-state index in [1.807, 2.05) is 48.5 Å². The Balaban J connectivity index is 1.53. The van der Waals surface area contributed by atoms with E-state index in [1.54, 1.807) is 0 Å². The lowest BCUT2D eigenvalue weighted by atomic mass is 9.98. The number of carbonyl (C=O) groups is 2. The Hall–Kier alpha value is -3.88. The topological polar surface area (TPSA) is 75.6 Å². The van der Waals surface area contributed by atoms with Crippen molar-refractivity contribution in [2.24, 2.45) is 0 Å². The zero-order chi connectivity index (χ0) is 24.5. The number of ether oxygens (including phenoxy) is 1. The van der Waals surface area contributed by atoms with Crippen LogP contribution in [0.3, 0.4) is 0 Å². The second kappa shape index (κ2) is 9.17. The van der Waals surface area contributed by atoms with Crippen molar-refractivity contribution in [1.82, 2.24) is 5.32 Å². The fourth-order valence-corrected chi connectivity index (χ4v) is 4.18.